The van der Waals surface area contributed by atoms with Crippen molar-refractivity contribution in [3.63, 3.8) is 0 Å². The maximum absolute atomic E-state index is 10.7. The van der Waals surface area contributed by atoms with Crippen molar-refractivity contribution in [2.75, 3.05) is 0 Å². The molecule has 3 aliphatic rings. The van der Waals surface area contributed by atoms with Gasteiger partial charge >= 0.3 is 0 Å². The van der Waals surface area contributed by atoms with Crippen LogP contribution in [-0.2, 0) is 20.1 Å². The Balaban J connectivity index is 0.000000280. The summed E-state index contributed by atoms with van der Waals surface area (Å²) in [6.45, 7) is 3.56. The van der Waals surface area contributed by atoms with Gasteiger partial charge in [-0.15, -0.1) is 5.56 Å². The first-order valence-corrected chi connectivity index (χ1v) is 16.1. The van der Waals surface area contributed by atoms with Gasteiger partial charge in [-0.3, -0.25) is 4.79 Å². The first kappa shape index (κ1) is 31.3. The summed E-state index contributed by atoms with van der Waals surface area (Å²) in [7, 11) is 0. The van der Waals surface area contributed by atoms with E-state index < -0.39 is 0 Å². The number of carbonyl (C=O) groups is 1. The van der Waals surface area contributed by atoms with E-state index >= 15 is 0 Å². The quantitative estimate of drug-likeness (QED) is 0.146. The minimum Gasteiger partial charge on any atom is -0.682 e. The molecule has 0 saturated heterocycles. The Hall–Kier alpha value is -3.66. The Kier molecular flexibility index (Phi) is 9.31. The standard InChI is InChI=1S/C32H31NO.C8H8O2.Ir/c1-20-16-27-24-12-6-7-13-30(24)34-32(27)28(17-20)31-25-15-14-23(21-8-2-3-9-21)18-26(25)29(19-33-31)22-10-4-5-11-22;1-6(9)7-4-2-3-5-8(7)10;/h6-7,12-16,18-19,21-22,31H,2-5,8-11H2,1H3;2-5,10H,1H3;/q-2;;. The summed E-state index contributed by atoms with van der Waals surface area (Å²) in [5, 5.41) is 16.6. The molecule has 2 aliphatic carbocycles. The molecule has 45 heavy (non-hydrogen) atoms. The number of furan rings is 1. The molecule has 1 N–H and O–H groups in total. The van der Waals surface area contributed by atoms with E-state index in [2.05, 4.69) is 61.7 Å². The molecule has 0 spiro atoms. The molecule has 5 heteroatoms. The minimum absolute atomic E-state index is 0. The molecule has 4 aromatic carbocycles. The third kappa shape index (κ3) is 6.13. The average Bonchev–Trinajstić information content (AvgIpc) is 3.83. The van der Waals surface area contributed by atoms with Crippen molar-refractivity contribution in [3.8, 4) is 5.75 Å². The summed E-state index contributed by atoms with van der Waals surface area (Å²) in [5.74, 6) is 1.31. The largest absolute Gasteiger partial charge is 0.682 e. The molecule has 2 fully saturated rings. The SMILES string of the molecule is CC(=O)c1ccccc1O.Cc1[c-]c(C2[N-]C=C(C3CCCC3)c3cc(C4CCCC4)ccc32)c2oc3ccccc3c2c1.[Ir]. The van der Waals surface area contributed by atoms with Crippen LogP contribution in [0.15, 0.2) is 83.4 Å². The van der Waals surface area contributed by atoms with Gasteiger partial charge < -0.3 is 14.8 Å². The van der Waals surface area contributed by atoms with Gasteiger partial charge in [0, 0.05) is 31.1 Å². The Morgan fingerprint density at radius 2 is 1.56 bits per heavy atom. The number of phenolic OH excluding ortho intramolecular Hbond substituents is 1. The third-order valence-corrected chi connectivity index (χ3v) is 9.80. The number of allylic oxidation sites excluding steroid dienone is 1. The topological polar surface area (TPSA) is 64.5 Å². The second-order valence-electron chi connectivity index (χ2n) is 12.7. The number of para-hydroxylation sites is 2. The van der Waals surface area contributed by atoms with E-state index in [4.69, 9.17) is 14.8 Å². The minimum atomic E-state index is -0.113. The number of aromatic hydroxyl groups is 1. The van der Waals surface area contributed by atoms with E-state index in [1.54, 1.807) is 18.2 Å². The van der Waals surface area contributed by atoms with Crippen molar-refractivity contribution in [2.45, 2.75) is 77.2 Å². The zero-order valence-electron chi connectivity index (χ0n) is 25.9. The second-order valence-corrected chi connectivity index (χ2v) is 12.7. The van der Waals surface area contributed by atoms with Crippen LogP contribution in [0.5, 0.6) is 5.75 Å². The van der Waals surface area contributed by atoms with Gasteiger partial charge in [-0.05, 0) is 73.8 Å². The third-order valence-electron chi connectivity index (χ3n) is 9.80. The van der Waals surface area contributed by atoms with Crippen molar-refractivity contribution in [3.05, 3.63) is 124 Å². The summed E-state index contributed by atoms with van der Waals surface area (Å²) in [6.07, 6.45) is 12.9. The van der Waals surface area contributed by atoms with Crippen molar-refractivity contribution in [1.29, 1.82) is 0 Å². The molecule has 5 aromatic rings. The zero-order chi connectivity index (χ0) is 30.2. The van der Waals surface area contributed by atoms with Crippen LogP contribution in [0.4, 0.5) is 0 Å². The van der Waals surface area contributed by atoms with Crippen molar-refractivity contribution in [1.82, 2.24) is 0 Å². The Bertz CT molecular complexity index is 1870. The smallest absolute Gasteiger partial charge is 0.163 e. The fraction of sp³-hybridized carbons (Fsp3) is 0.325. The molecule has 2 heterocycles. The number of aryl methyl sites for hydroxylation is 1. The van der Waals surface area contributed by atoms with Crippen LogP contribution in [0.2, 0.25) is 0 Å². The van der Waals surface area contributed by atoms with Crippen LogP contribution in [0.25, 0.3) is 32.8 Å². The number of rotatable bonds is 4. The maximum Gasteiger partial charge on any atom is 0.163 e. The predicted molar refractivity (Wildman–Crippen MR) is 178 cm³/mol. The fourth-order valence-electron chi connectivity index (χ4n) is 7.57. The van der Waals surface area contributed by atoms with Gasteiger partial charge in [0.1, 0.15) is 11.3 Å². The Morgan fingerprint density at radius 1 is 0.867 bits per heavy atom. The first-order chi connectivity index (χ1) is 21.5. The molecule has 4 nitrogen and oxygen atoms in total. The molecule has 0 amide bonds. The van der Waals surface area contributed by atoms with Crippen LogP contribution in [0.1, 0.15) is 108 Å². The summed E-state index contributed by atoms with van der Waals surface area (Å²) < 4.78 is 6.43. The molecule has 2 saturated carbocycles. The van der Waals surface area contributed by atoms with Gasteiger partial charge in [0.25, 0.3) is 0 Å². The van der Waals surface area contributed by atoms with Gasteiger partial charge in [0.15, 0.2) is 5.78 Å². The first-order valence-electron chi connectivity index (χ1n) is 16.1. The van der Waals surface area contributed by atoms with Gasteiger partial charge in [0.05, 0.1) is 5.56 Å². The Labute approximate surface area is 279 Å². The molecule has 1 aliphatic heterocycles. The van der Waals surface area contributed by atoms with Gasteiger partial charge in [-0.1, -0.05) is 104 Å². The average molecular weight is 774 g/mol. The number of ketones is 1. The molecular weight excluding hydrogens is 735 g/mol. The van der Waals surface area contributed by atoms with E-state index in [9.17, 15) is 4.79 Å². The zero-order valence-corrected chi connectivity index (χ0v) is 28.3. The molecule has 0 bridgehead atoms. The second kappa shape index (κ2) is 13.4. The maximum atomic E-state index is 10.7. The molecule has 1 atom stereocenters. The number of benzene rings is 4. The van der Waals surface area contributed by atoms with Gasteiger partial charge in [0.2, 0.25) is 0 Å². The van der Waals surface area contributed by atoms with Gasteiger partial charge in [-0.25, -0.2) is 0 Å². The normalized spacial score (nSPS) is 18.1. The van der Waals surface area contributed by atoms with Crippen LogP contribution in [0, 0.1) is 18.9 Å². The van der Waals surface area contributed by atoms with Crippen LogP contribution in [-0.4, -0.2) is 10.9 Å². The number of nitrogens with zero attached hydrogens (tertiary/aromatic N) is 1. The van der Waals surface area contributed by atoms with E-state index in [0.29, 0.717) is 11.5 Å². The summed E-state index contributed by atoms with van der Waals surface area (Å²) in [4.78, 5) is 10.7. The van der Waals surface area contributed by atoms with Crippen LogP contribution < -0.4 is 0 Å². The predicted octanol–water partition coefficient (Wildman–Crippen LogP) is 11.0. The van der Waals surface area contributed by atoms with Crippen molar-refractivity contribution in [2.24, 2.45) is 5.92 Å². The van der Waals surface area contributed by atoms with E-state index in [0.717, 1.165) is 28.2 Å². The number of phenols is 1. The van der Waals surface area contributed by atoms with E-state index in [1.165, 1.54) is 97.4 Å². The van der Waals surface area contributed by atoms with Crippen LogP contribution >= 0.6 is 0 Å². The molecule has 1 radical (unpaired) electrons. The van der Waals surface area contributed by atoms with Gasteiger partial charge in [-0.2, -0.15) is 23.9 Å². The monoisotopic (exact) mass is 774 g/mol. The van der Waals surface area contributed by atoms with Crippen molar-refractivity contribution >= 4 is 33.3 Å². The summed E-state index contributed by atoms with van der Waals surface area (Å²) in [6, 6.07) is 27.9. The molecular formula is C40H39IrNO3-2. The molecule has 1 aromatic heterocycles. The summed E-state index contributed by atoms with van der Waals surface area (Å²) >= 11 is 0. The van der Waals surface area contributed by atoms with E-state index in [-0.39, 0.29) is 37.7 Å². The fourth-order valence-corrected chi connectivity index (χ4v) is 7.57. The van der Waals surface area contributed by atoms with Crippen molar-refractivity contribution < 1.29 is 34.4 Å². The Morgan fingerprint density at radius 3 is 2.27 bits per heavy atom. The number of Topliss-reactive ketones (excluding diaryl/α,β-unsaturated/α-hetero) is 1. The number of carbonyl (C=O) groups excluding carboxylic acids is 1. The molecule has 233 valence electrons. The number of fused-ring (bicyclic) bond motifs is 4. The number of hydrogen-bond donors (Lipinski definition) is 1. The van der Waals surface area contributed by atoms with E-state index in [1.807, 2.05) is 6.07 Å². The number of hydrogen-bond acceptors (Lipinski definition) is 3. The van der Waals surface area contributed by atoms with Crippen LogP contribution in [0.3, 0.4) is 0 Å². The molecule has 1 unspecified atom stereocenters. The summed E-state index contributed by atoms with van der Waals surface area (Å²) in [5.41, 5.74) is 10.2. The molecule has 8 rings (SSSR count).